The number of allylic oxidation sites excluding steroid dienone is 3. The van der Waals surface area contributed by atoms with Gasteiger partial charge < -0.3 is 15.5 Å². The molecule has 4 rings (SSSR count). The Kier molecular flexibility index (Phi) is 6.96. The lowest BCUT2D eigenvalue weighted by Gasteiger charge is -2.18. The molecule has 0 bridgehead atoms. The zero-order valence-corrected chi connectivity index (χ0v) is 19.7. The minimum atomic E-state index is 0.0552. The molecule has 2 aromatic heterocycles. The fourth-order valence-corrected chi connectivity index (χ4v) is 3.87. The second-order valence-electron chi connectivity index (χ2n) is 7.46. The highest BCUT2D eigenvalue weighted by Gasteiger charge is 2.15. The average Bonchev–Trinajstić information content (AvgIpc) is 3.09. The van der Waals surface area contributed by atoms with Crippen LogP contribution in [0.25, 0.3) is 11.0 Å². The number of fused-ring (bicyclic) bond motifs is 1. The van der Waals surface area contributed by atoms with Crippen LogP contribution in [0.2, 0.25) is 10.0 Å². The van der Waals surface area contributed by atoms with Gasteiger partial charge in [0.2, 0.25) is 11.9 Å². The zero-order chi connectivity index (χ0) is 23.4. The van der Waals surface area contributed by atoms with Gasteiger partial charge in [0.15, 0.2) is 11.5 Å². The number of nitrogens with zero attached hydrogens (tertiary/aromatic N) is 5. The number of nitrogens with one attached hydrogen (secondary N) is 2. The first kappa shape index (κ1) is 22.8. The van der Waals surface area contributed by atoms with E-state index in [0.717, 1.165) is 17.5 Å². The Balaban J connectivity index is 1.58. The van der Waals surface area contributed by atoms with Crippen LogP contribution in [0.3, 0.4) is 0 Å². The lowest BCUT2D eigenvalue weighted by Crippen LogP contribution is -2.29. The fourth-order valence-electron chi connectivity index (χ4n) is 3.38. The highest BCUT2D eigenvalue weighted by Crippen LogP contribution is 2.34. The van der Waals surface area contributed by atoms with Crippen molar-refractivity contribution >= 4 is 57.6 Å². The minimum absolute atomic E-state index is 0.0552. The van der Waals surface area contributed by atoms with E-state index in [1.54, 1.807) is 47.9 Å². The smallest absolute Gasteiger partial charge is 0.229 e. The predicted molar refractivity (Wildman–Crippen MR) is 133 cm³/mol. The molecule has 0 fully saturated rings. The number of halogens is 2. The van der Waals surface area contributed by atoms with Gasteiger partial charge in [0.25, 0.3) is 0 Å². The number of aryl methyl sites for hydroxylation is 1. The summed E-state index contributed by atoms with van der Waals surface area (Å²) >= 11 is 12.6. The van der Waals surface area contributed by atoms with Crippen molar-refractivity contribution in [3.63, 3.8) is 0 Å². The van der Waals surface area contributed by atoms with E-state index < -0.39 is 0 Å². The number of carbonyl (C=O) groups excluding carboxylic acids is 1. The van der Waals surface area contributed by atoms with Crippen LogP contribution in [0.5, 0.6) is 0 Å². The number of anilines is 3. The van der Waals surface area contributed by atoms with Crippen molar-refractivity contribution in [2.75, 3.05) is 23.7 Å². The number of amides is 1. The van der Waals surface area contributed by atoms with Gasteiger partial charge in [-0.1, -0.05) is 47.5 Å². The summed E-state index contributed by atoms with van der Waals surface area (Å²) in [5.74, 6) is 1.04. The molecular formula is C23H23Cl2N7O. The Bertz CT molecular complexity index is 1260. The van der Waals surface area contributed by atoms with Gasteiger partial charge in [0.1, 0.15) is 0 Å². The van der Waals surface area contributed by atoms with Crippen molar-refractivity contribution in [2.24, 2.45) is 7.05 Å². The summed E-state index contributed by atoms with van der Waals surface area (Å²) in [5.41, 5.74) is 2.02. The van der Waals surface area contributed by atoms with Crippen LogP contribution in [0.1, 0.15) is 13.3 Å². The van der Waals surface area contributed by atoms with Gasteiger partial charge in [-0.2, -0.15) is 10.1 Å². The summed E-state index contributed by atoms with van der Waals surface area (Å²) in [7, 11) is 1.81. The summed E-state index contributed by atoms with van der Waals surface area (Å²) in [6.45, 7) is 2.82. The molecule has 0 saturated heterocycles. The molecule has 1 amide bonds. The van der Waals surface area contributed by atoms with Crippen molar-refractivity contribution in [1.29, 1.82) is 0 Å². The summed E-state index contributed by atoms with van der Waals surface area (Å²) in [5, 5.41) is 12.6. The van der Waals surface area contributed by atoms with Crippen LogP contribution in [0, 0.1) is 0 Å². The lowest BCUT2D eigenvalue weighted by molar-refractivity contribution is -0.128. The molecule has 0 saturated carbocycles. The van der Waals surface area contributed by atoms with Crippen LogP contribution in [0.15, 0.2) is 60.5 Å². The molecule has 0 unspecified atom stereocenters. The minimum Gasteiger partial charge on any atom is -0.339 e. The maximum Gasteiger partial charge on any atom is 0.229 e. The van der Waals surface area contributed by atoms with Crippen molar-refractivity contribution in [2.45, 2.75) is 13.3 Å². The molecule has 1 aliphatic heterocycles. The largest absolute Gasteiger partial charge is 0.339 e. The van der Waals surface area contributed by atoms with Gasteiger partial charge in [0, 0.05) is 39.0 Å². The number of carbonyl (C=O) groups is 1. The highest BCUT2D eigenvalue weighted by atomic mass is 35.5. The number of rotatable bonds is 4. The SMILES string of the molecule is CC(=O)N1C/C=C/C(Nc2ncc3c(Nc4c(Cl)cccc4Cl)nn(C)c3n2)=C\C=C\CC1. The van der Waals surface area contributed by atoms with Crippen molar-refractivity contribution in [1.82, 2.24) is 24.6 Å². The first-order valence-corrected chi connectivity index (χ1v) is 11.1. The maximum absolute atomic E-state index is 11.7. The summed E-state index contributed by atoms with van der Waals surface area (Å²) < 4.78 is 1.66. The second kappa shape index (κ2) is 10.1. The third-order valence-electron chi connectivity index (χ3n) is 5.09. The lowest BCUT2D eigenvalue weighted by atomic mass is 10.2. The molecule has 0 aliphatic carbocycles. The van der Waals surface area contributed by atoms with Gasteiger partial charge in [-0.15, -0.1) is 0 Å². The molecule has 3 heterocycles. The van der Waals surface area contributed by atoms with E-state index in [1.165, 1.54) is 0 Å². The monoisotopic (exact) mass is 483 g/mol. The first-order valence-electron chi connectivity index (χ1n) is 10.4. The molecule has 1 aliphatic rings. The van der Waals surface area contributed by atoms with E-state index in [9.17, 15) is 4.79 Å². The second-order valence-corrected chi connectivity index (χ2v) is 8.27. The Morgan fingerprint density at radius 3 is 2.70 bits per heavy atom. The number of benzene rings is 1. The Morgan fingerprint density at radius 2 is 1.94 bits per heavy atom. The molecule has 0 spiro atoms. The molecule has 0 atom stereocenters. The molecule has 8 nitrogen and oxygen atoms in total. The van der Waals surface area contributed by atoms with E-state index in [1.807, 2.05) is 30.4 Å². The molecule has 0 radical (unpaired) electrons. The summed E-state index contributed by atoms with van der Waals surface area (Å²) in [4.78, 5) is 22.6. The summed E-state index contributed by atoms with van der Waals surface area (Å²) in [6, 6.07) is 5.29. The number of aromatic nitrogens is 4. The van der Waals surface area contributed by atoms with E-state index >= 15 is 0 Å². The van der Waals surface area contributed by atoms with E-state index in [4.69, 9.17) is 23.2 Å². The maximum atomic E-state index is 11.7. The van der Waals surface area contributed by atoms with Gasteiger partial charge >= 0.3 is 0 Å². The van der Waals surface area contributed by atoms with Gasteiger partial charge in [-0.3, -0.25) is 4.79 Å². The summed E-state index contributed by atoms with van der Waals surface area (Å²) in [6.07, 6.45) is 12.3. The quantitative estimate of drug-likeness (QED) is 0.538. The fraction of sp³-hybridized carbons (Fsp3) is 0.217. The Hall–Kier alpha value is -3.36. The van der Waals surface area contributed by atoms with E-state index in [0.29, 0.717) is 46.2 Å². The van der Waals surface area contributed by atoms with Gasteiger partial charge in [-0.25, -0.2) is 9.67 Å². The van der Waals surface area contributed by atoms with Crippen LogP contribution in [-0.2, 0) is 11.8 Å². The Morgan fingerprint density at radius 1 is 1.15 bits per heavy atom. The molecule has 33 heavy (non-hydrogen) atoms. The molecular weight excluding hydrogens is 461 g/mol. The first-order chi connectivity index (χ1) is 15.9. The van der Waals surface area contributed by atoms with Gasteiger partial charge in [-0.05, 0) is 30.7 Å². The van der Waals surface area contributed by atoms with Crippen LogP contribution in [0.4, 0.5) is 17.5 Å². The molecule has 1 aromatic carbocycles. The highest BCUT2D eigenvalue weighted by molar-refractivity contribution is 6.39. The van der Waals surface area contributed by atoms with Crippen molar-refractivity contribution in [3.8, 4) is 0 Å². The van der Waals surface area contributed by atoms with Crippen molar-refractivity contribution < 1.29 is 4.79 Å². The number of hydrogen-bond acceptors (Lipinski definition) is 6. The van der Waals surface area contributed by atoms with Gasteiger partial charge in [0.05, 0.1) is 21.1 Å². The predicted octanol–water partition coefficient (Wildman–Crippen LogP) is 5.07. The van der Waals surface area contributed by atoms with Crippen LogP contribution >= 0.6 is 23.2 Å². The van der Waals surface area contributed by atoms with Crippen molar-refractivity contribution in [3.05, 3.63) is 70.5 Å². The van der Waals surface area contributed by atoms with E-state index in [-0.39, 0.29) is 5.91 Å². The molecule has 170 valence electrons. The van der Waals surface area contributed by atoms with E-state index in [2.05, 4.69) is 25.7 Å². The Labute approximate surface area is 201 Å². The molecule has 3 aromatic rings. The molecule has 10 heteroatoms. The standard InChI is InChI=1S/C23H23Cl2N7O/c1-15(33)32-12-5-3-4-8-16(9-7-13-32)27-23-26-14-17-21(30-31(2)22(17)29-23)28-20-18(24)10-6-11-19(20)25/h3-4,6-11,14H,5,12-13H2,1-2H3,(H,28,30)(H,26,27,29)/b4-3+,9-7+,16-8+. The number of hydrogen-bond donors (Lipinski definition) is 2. The normalized spacial score (nSPS) is 17.8. The van der Waals surface area contributed by atoms with Crippen LogP contribution < -0.4 is 10.6 Å². The number of para-hydroxylation sites is 1. The van der Waals surface area contributed by atoms with Crippen LogP contribution in [-0.4, -0.2) is 43.6 Å². The molecule has 2 N–H and O–H groups in total. The third-order valence-corrected chi connectivity index (χ3v) is 5.72. The third kappa shape index (κ3) is 5.35. The zero-order valence-electron chi connectivity index (χ0n) is 18.2. The average molecular weight is 484 g/mol. The topological polar surface area (TPSA) is 88.0 Å².